The molecule has 0 spiro atoms. The maximum atomic E-state index is 11.3. The van der Waals surface area contributed by atoms with Gasteiger partial charge in [-0.2, -0.15) is 0 Å². The van der Waals surface area contributed by atoms with Gasteiger partial charge in [0.05, 0.1) is 6.61 Å². The van der Waals surface area contributed by atoms with Crippen molar-refractivity contribution in [3.05, 3.63) is 18.1 Å². The number of hydrogen-bond donors (Lipinski definition) is 1. The summed E-state index contributed by atoms with van der Waals surface area (Å²) < 4.78 is 4.81. The van der Waals surface area contributed by atoms with Gasteiger partial charge in [-0.3, -0.25) is 0 Å². The Labute approximate surface area is 87.9 Å². The van der Waals surface area contributed by atoms with E-state index in [2.05, 4.69) is 15.3 Å². The van der Waals surface area contributed by atoms with Gasteiger partial charge in [0, 0.05) is 12.2 Å². The van der Waals surface area contributed by atoms with Gasteiger partial charge < -0.3 is 10.1 Å². The Bertz CT molecular complexity index is 363. The van der Waals surface area contributed by atoms with Crippen molar-refractivity contribution in [1.82, 2.24) is 9.97 Å². The molecule has 1 fully saturated rings. The first-order chi connectivity index (χ1) is 7.29. The molecule has 0 bridgehead atoms. The molecule has 1 heterocycles. The summed E-state index contributed by atoms with van der Waals surface area (Å²) in [6.45, 7) is 2.09. The molecule has 1 aliphatic rings. The molecule has 80 valence electrons. The lowest BCUT2D eigenvalue weighted by Gasteiger charge is -2.04. The van der Waals surface area contributed by atoms with Gasteiger partial charge in [-0.05, 0) is 25.8 Å². The topological polar surface area (TPSA) is 64.1 Å². The maximum absolute atomic E-state index is 11.3. The van der Waals surface area contributed by atoms with Crippen molar-refractivity contribution in [2.75, 3.05) is 11.9 Å². The quantitative estimate of drug-likeness (QED) is 0.752. The number of nitrogens with one attached hydrogen (secondary N) is 1. The summed E-state index contributed by atoms with van der Waals surface area (Å²) in [6, 6.07) is 2.26. The van der Waals surface area contributed by atoms with Gasteiger partial charge >= 0.3 is 5.97 Å². The largest absolute Gasteiger partial charge is 0.460 e. The van der Waals surface area contributed by atoms with Crippen molar-refractivity contribution in [1.29, 1.82) is 0 Å². The molecule has 5 heteroatoms. The van der Waals surface area contributed by atoms with Gasteiger partial charge in [-0.1, -0.05) is 0 Å². The third-order valence-electron chi connectivity index (χ3n) is 2.04. The smallest absolute Gasteiger partial charge is 0.376 e. The predicted molar refractivity (Wildman–Crippen MR) is 54.6 cm³/mol. The maximum Gasteiger partial charge on any atom is 0.376 e. The Morgan fingerprint density at radius 2 is 2.47 bits per heavy atom. The van der Waals surface area contributed by atoms with Crippen molar-refractivity contribution in [3.8, 4) is 0 Å². The third kappa shape index (κ3) is 2.65. The van der Waals surface area contributed by atoms with Crippen molar-refractivity contribution < 1.29 is 9.53 Å². The Morgan fingerprint density at radius 1 is 1.67 bits per heavy atom. The zero-order chi connectivity index (χ0) is 10.7. The molecule has 5 nitrogen and oxygen atoms in total. The van der Waals surface area contributed by atoms with Crippen molar-refractivity contribution in [3.63, 3.8) is 0 Å². The van der Waals surface area contributed by atoms with E-state index in [1.54, 1.807) is 19.2 Å². The average molecular weight is 207 g/mol. The van der Waals surface area contributed by atoms with E-state index in [4.69, 9.17) is 4.74 Å². The summed E-state index contributed by atoms with van der Waals surface area (Å²) in [5.41, 5.74) is 0. The summed E-state index contributed by atoms with van der Waals surface area (Å²) in [5.74, 6) is 0.329. The first-order valence-corrected chi connectivity index (χ1v) is 5.06. The summed E-state index contributed by atoms with van der Waals surface area (Å²) in [5, 5.41) is 3.19. The highest BCUT2D eigenvalue weighted by Gasteiger charge is 2.21. The van der Waals surface area contributed by atoms with E-state index in [9.17, 15) is 4.79 Å². The molecule has 1 N–H and O–H groups in total. The van der Waals surface area contributed by atoms with Crippen molar-refractivity contribution in [2.24, 2.45) is 0 Å². The Kier molecular flexibility index (Phi) is 2.80. The molecular formula is C10H13N3O2. The van der Waals surface area contributed by atoms with E-state index in [1.807, 2.05) is 0 Å². The second-order valence-electron chi connectivity index (χ2n) is 3.40. The zero-order valence-electron chi connectivity index (χ0n) is 8.56. The van der Waals surface area contributed by atoms with Crippen LogP contribution in [0.15, 0.2) is 12.3 Å². The van der Waals surface area contributed by atoms with Gasteiger partial charge in [-0.25, -0.2) is 14.8 Å². The van der Waals surface area contributed by atoms with Crippen LogP contribution in [-0.2, 0) is 4.74 Å². The Morgan fingerprint density at radius 3 is 3.13 bits per heavy atom. The Balaban J connectivity index is 2.06. The lowest BCUT2D eigenvalue weighted by molar-refractivity contribution is 0.0512. The molecule has 15 heavy (non-hydrogen) atoms. The third-order valence-corrected chi connectivity index (χ3v) is 2.04. The number of ether oxygens (including phenoxy) is 1. The number of hydrogen-bond acceptors (Lipinski definition) is 5. The summed E-state index contributed by atoms with van der Waals surface area (Å²) >= 11 is 0. The highest BCUT2D eigenvalue weighted by molar-refractivity contribution is 5.85. The molecule has 0 unspecified atom stereocenters. The van der Waals surface area contributed by atoms with Gasteiger partial charge in [-0.15, -0.1) is 0 Å². The molecule has 0 radical (unpaired) electrons. The number of nitrogens with zero attached hydrogens (tertiary/aromatic N) is 2. The van der Waals surface area contributed by atoms with Crippen LogP contribution in [0.3, 0.4) is 0 Å². The van der Waals surface area contributed by atoms with E-state index >= 15 is 0 Å². The number of anilines is 1. The fraction of sp³-hybridized carbons (Fsp3) is 0.500. The normalized spacial score (nSPS) is 14.7. The van der Waals surface area contributed by atoms with Crippen molar-refractivity contribution in [2.45, 2.75) is 25.8 Å². The summed E-state index contributed by atoms with van der Waals surface area (Å²) in [7, 11) is 0. The Hall–Kier alpha value is -1.65. The number of rotatable bonds is 4. The molecule has 0 atom stereocenters. The summed E-state index contributed by atoms with van der Waals surface area (Å²) in [4.78, 5) is 19.3. The van der Waals surface area contributed by atoms with Crippen LogP contribution in [0.4, 0.5) is 5.82 Å². The fourth-order valence-corrected chi connectivity index (χ4v) is 1.17. The second-order valence-corrected chi connectivity index (χ2v) is 3.40. The van der Waals surface area contributed by atoms with E-state index in [1.165, 1.54) is 12.8 Å². The fourth-order valence-electron chi connectivity index (χ4n) is 1.17. The monoisotopic (exact) mass is 207 g/mol. The van der Waals surface area contributed by atoms with E-state index in [-0.39, 0.29) is 5.82 Å². The molecule has 1 saturated carbocycles. The molecule has 0 saturated heterocycles. The first kappa shape index (κ1) is 9.89. The average Bonchev–Trinajstić information content (AvgIpc) is 3.03. The van der Waals surface area contributed by atoms with E-state index in [0.717, 1.165) is 0 Å². The second kappa shape index (κ2) is 4.25. The van der Waals surface area contributed by atoms with Crippen LogP contribution >= 0.6 is 0 Å². The minimum absolute atomic E-state index is 0.113. The number of carbonyl (C=O) groups is 1. The van der Waals surface area contributed by atoms with Gasteiger partial charge in [0.25, 0.3) is 0 Å². The van der Waals surface area contributed by atoms with Crippen LogP contribution in [0.5, 0.6) is 0 Å². The number of carbonyl (C=O) groups excluding carboxylic acids is 1. The number of aromatic nitrogens is 2. The zero-order valence-corrected chi connectivity index (χ0v) is 8.56. The lowest BCUT2D eigenvalue weighted by Crippen LogP contribution is -2.12. The van der Waals surface area contributed by atoms with Crippen LogP contribution in [0.1, 0.15) is 30.4 Å². The SMILES string of the molecule is CCOC(=O)c1nccc(NC2CC2)n1. The predicted octanol–water partition coefficient (Wildman–Crippen LogP) is 1.23. The lowest BCUT2D eigenvalue weighted by atomic mass is 10.5. The number of esters is 1. The van der Waals surface area contributed by atoms with Crippen LogP contribution < -0.4 is 5.32 Å². The molecule has 2 rings (SSSR count). The molecular weight excluding hydrogens is 194 g/mol. The minimum Gasteiger partial charge on any atom is -0.460 e. The molecule has 1 aliphatic carbocycles. The molecule has 1 aromatic rings. The summed E-state index contributed by atoms with van der Waals surface area (Å²) in [6.07, 6.45) is 3.89. The standard InChI is InChI=1S/C10H13N3O2/c1-2-15-10(14)9-11-6-5-8(13-9)12-7-3-4-7/h5-7H,2-4H2,1H3,(H,11,12,13). The first-order valence-electron chi connectivity index (χ1n) is 5.06. The van der Waals surface area contributed by atoms with Gasteiger partial charge in [0.1, 0.15) is 5.82 Å². The minimum atomic E-state index is -0.475. The van der Waals surface area contributed by atoms with Crippen LogP contribution in [0, 0.1) is 0 Å². The molecule has 0 aromatic carbocycles. The van der Waals surface area contributed by atoms with Gasteiger partial charge in [0.2, 0.25) is 5.82 Å². The van der Waals surface area contributed by atoms with Crippen LogP contribution in [0.2, 0.25) is 0 Å². The molecule has 0 amide bonds. The van der Waals surface area contributed by atoms with Gasteiger partial charge in [0.15, 0.2) is 0 Å². The molecule has 0 aliphatic heterocycles. The highest BCUT2D eigenvalue weighted by atomic mass is 16.5. The highest BCUT2D eigenvalue weighted by Crippen LogP contribution is 2.23. The van der Waals surface area contributed by atoms with Crippen LogP contribution in [0.25, 0.3) is 0 Å². The molecule has 1 aromatic heterocycles. The van der Waals surface area contributed by atoms with E-state index < -0.39 is 5.97 Å². The van der Waals surface area contributed by atoms with E-state index in [0.29, 0.717) is 18.5 Å². The van der Waals surface area contributed by atoms with Crippen molar-refractivity contribution >= 4 is 11.8 Å². The van der Waals surface area contributed by atoms with Crippen LogP contribution in [-0.4, -0.2) is 28.6 Å².